The molecule has 0 bridgehead atoms. The summed E-state index contributed by atoms with van der Waals surface area (Å²) in [6.07, 6.45) is 0.286. The maximum Gasteiger partial charge on any atom is 0.309 e. The number of methoxy groups -OCH3 is 1. The quantitative estimate of drug-likeness (QED) is 0.617. The van der Waals surface area contributed by atoms with Crippen molar-refractivity contribution in [3.63, 3.8) is 0 Å². The summed E-state index contributed by atoms with van der Waals surface area (Å²) in [5.74, 6) is 0.619. The summed E-state index contributed by atoms with van der Waals surface area (Å²) < 4.78 is 10.7. The lowest BCUT2D eigenvalue weighted by atomic mass is 10.0. The molecule has 0 atom stereocenters. The Hall–Kier alpha value is -3.07. The smallest absolute Gasteiger partial charge is 0.309 e. The predicted molar refractivity (Wildman–Crippen MR) is 98.4 cm³/mol. The number of ether oxygens (including phenoxy) is 2. The average Bonchev–Trinajstić information content (AvgIpc) is 2.68. The van der Waals surface area contributed by atoms with E-state index in [-0.39, 0.29) is 12.4 Å². The molecule has 0 saturated heterocycles. The summed E-state index contributed by atoms with van der Waals surface area (Å²) in [7, 11) is 1.40. The Labute approximate surface area is 147 Å². The lowest BCUT2D eigenvalue weighted by Crippen LogP contribution is -2.04. The zero-order valence-electron chi connectivity index (χ0n) is 14.1. The average molecular weight is 332 g/mol. The Kier molecular flexibility index (Phi) is 5.47. The van der Waals surface area contributed by atoms with Crippen LogP contribution in [0.3, 0.4) is 0 Å². The largest absolute Gasteiger partial charge is 0.488 e. The second-order valence-corrected chi connectivity index (χ2v) is 5.72. The number of benzene rings is 3. The van der Waals surface area contributed by atoms with E-state index < -0.39 is 0 Å². The van der Waals surface area contributed by atoms with Crippen molar-refractivity contribution in [1.82, 2.24) is 0 Å². The van der Waals surface area contributed by atoms with Gasteiger partial charge in [0.05, 0.1) is 13.5 Å². The molecule has 3 heteroatoms. The molecule has 3 nitrogen and oxygen atoms in total. The molecule has 0 spiro atoms. The van der Waals surface area contributed by atoms with Gasteiger partial charge >= 0.3 is 5.97 Å². The first-order chi connectivity index (χ1) is 12.3. The van der Waals surface area contributed by atoms with Gasteiger partial charge in [-0.15, -0.1) is 0 Å². The Morgan fingerprint density at radius 1 is 0.800 bits per heavy atom. The van der Waals surface area contributed by atoms with E-state index in [4.69, 9.17) is 4.74 Å². The van der Waals surface area contributed by atoms with Crippen LogP contribution in [0.25, 0.3) is 11.1 Å². The van der Waals surface area contributed by atoms with Crippen molar-refractivity contribution in [3.8, 4) is 16.9 Å². The summed E-state index contributed by atoms with van der Waals surface area (Å²) in [5, 5.41) is 0. The van der Waals surface area contributed by atoms with E-state index in [2.05, 4.69) is 22.9 Å². The predicted octanol–water partition coefficient (Wildman–Crippen LogP) is 4.65. The van der Waals surface area contributed by atoms with Crippen LogP contribution in [-0.4, -0.2) is 13.1 Å². The standard InChI is InChI=1S/C22H20O3/c1-24-22(23)15-17-11-13-18(14-12-17)16-25-21-10-6-5-9-20(21)19-7-3-2-4-8-19/h2-14H,15-16H2,1H3. The van der Waals surface area contributed by atoms with E-state index in [1.807, 2.05) is 60.7 Å². The normalized spacial score (nSPS) is 10.3. The fourth-order valence-electron chi connectivity index (χ4n) is 2.60. The van der Waals surface area contributed by atoms with Crippen LogP contribution in [0, 0.1) is 0 Å². The fourth-order valence-corrected chi connectivity index (χ4v) is 2.60. The third-order valence-corrected chi connectivity index (χ3v) is 3.97. The van der Waals surface area contributed by atoms with Gasteiger partial charge in [-0.25, -0.2) is 0 Å². The minimum Gasteiger partial charge on any atom is -0.488 e. The zero-order valence-corrected chi connectivity index (χ0v) is 14.1. The van der Waals surface area contributed by atoms with Gasteiger partial charge in [-0.3, -0.25) is 4.79 Å². The molecule has 0 aliphatic carbocycles. The molecule has 0 radical (unpaired) electrons. The van der Waals surface area contributed by atoms with Crippen LogP contribution in [0.2, 0.25) is 0 Å². The first kappa shape index (κ1) is 16.8. The van der Waals surface area contributed by atoms with Crippen molar-refractivity contribution in [3.05, 3.63) is 90.0 Å². The Bertz CT molecular complexity index is 823. The number of hydrogen-bond acceptors (Lipinski definition) is 3. The molecule has 0 saturated carbocycles. The zero-order chi connectivity index (χ0) is 17.5. The van der Waals surface area contributed by atoms with Crippen LogP contribution in [0.5, 0.6) is 5.75 Å². The molecule has 0 aromatic heterocycles. The van der Waals surface area contributed by atoms with E-state index in [9.17, 15) is 4.79 Å². The molecule has 126 valence electrons. The highest BCUT2D eigenvalue weighted by Gasteiger charge is 2.06. The molecular weight excluding hydrogens is 312 g/mol. The minimum atomic E-state index is -0.235. The summed E-state index contributed by atoms with van der Waals surface area (Å²) in [4.78, 5) is 11.3. The Balaban J connectivity index is 1.69. The highest BCUT2D eigenvalue weighted by molar-refractivity contribution is 5.72. The van der Waals surface area contributed by atoms with E-state index in [1.165, 1.54) is 7.11 Å². The third kappa shape index (κ3) is 4.48. The van der Waals surface area contributed by atoms with E-state index >= 15 is 0 Å². The first-order valence-electron chi connectivity index (χ1n) is 8.18. The number of carbonyl (C=O) groups excluding carboxylic acids is 1. The summed E-state index contributed by atoms with van der Waals surface area (Å²) in [5.41, 5.74) is 4.19. The van der Waals surface area contributed by atoms with Gasteiger partial charge in [-0.05, 0) is 22.8 Å². The Morgan fingerprint density at radius 2 is 1.44 bits per heavy atom. The van der Waals surface area contributed by atoms with Crippen LogP contribution >= 0.6 is 0 Å². The second-order valence-electron chi connectivity index (χ2n) is 5.72. The molecule has 0 unspecified atom stereocenters. The summed E-state index contributed by atoms with van der Waals surface area (Å²) in [6, 6.07) is 26.0. The van der Waals surface area contributed by atoms with Gasteiger partial charge in [0.25, 0.3) is 0 Å². The van der Waals surface area contributed by atoms with Crippen molar-refractivity contribution >= 4 is 5.97 Å². The molecule has 0 heterocycles. The summed E-state index contributed by atoms with van der Waals surface area (Å²) in [6.45, 7) is 0.475. The van der Waals surface area contributed by atoms with Gasteiger partial charge in [-0.1, -0.05) is 72.8 Å². The summed E-state index contributed by atoms with van der Waals surface area (Å²) >= 11 is 0. The topological polar surface area (TPSA) is 35.5 Å². The van der Waals surface area contributed by atoms with Crippen LogP contribution in [-0.2, 0) is 22.6 Å². The molecule has 0 amide bonds. The highest BCUT2D eigenvalue weighted by Crippen LogP contribution is 2.30. The van der Waals surface area contributed by atoms with Crippen molar-refractivity contribution in [2.24, 2.45) is 0 Å². The maximum absolute atomic E-state index is 11.3. The SMILES string of the molecule is COC(=O)Cc1ccc(COc2ccccc2-c2ccccc2)cc1. The van der Waals surface area contributed by atoms with E-state index in [1.54, 1.807) is 0 Å². The number of hydrogen-bond donors (Lipinski definition) is 0. The van der Waals surface area contributed by atoms with Gasteiger partial charge in [0.15, 0.2) is 0 Å². The van der Waals surface area contributed by atoms with Crippen molar-refractivity contribution in [2.45, 2.75) is 13.0 Å². The number of carbonyl (C=O) groups is 1. The van der Waals surface area contributed by atoms with Gasteiger partial charge < -0.3 is 9.47 Å². The molecule has 3 aromatic rings. The van der Waals surface area contributed by atoms with Crippen molar-refractivity contribution in [1.29, 1.82) is 0 Å². The van der Waals surface area contributed by atoms with Crippen molar-refractivity contribution < 1.29 is 14.3 Å². The highest BCUT2D eigenvalue weighted by atomic mass is 16.5. The second kappa shape index (κ2) is 8.15. The molecule has 3 rings (SSSR count). The number of esters is 1. The number of para-hydroxylation sites is 1. The fraction of sp³-hybridized carbons (Fsp3) is 0.136. The van der Waals surface area contributed by atoms with Crippen LogP contribution < -0.4 is 4.74 Å². The lowest BCUT2D eigenvalue weighted by Gasteiger charge is -2.12. The third-order valence-electron chi connectivity index (χ3n) is 3.97. The molecule has 0 N–H and O–H groups in total. The molecule has 0 aliphatic rings. The van der Waals surface area contributed by atoms with Gasteiger partial charge in [0, 0.05) is 5.56 Å². The monoisotopic (exact) mass is 332 g/mol. The van der Waals surface area contributed by atoms with Crippen LogP contribution in [0.15, 0.2) is 78.9 Å². The molecular formula is C22H20O3. The first-order valence-corrected chi connectivity index (χ1v) is 8.18. The van der Waals surface area contributed by atoms with Crippen LogP contribution in [0.4, 0.5) is 0 Å². The molecule has 0 fully saturated rings. The minimum absolute atomic E-state index is 0.235. The van der Waals surface area contributed by atoms with Crippen LogP contribution in [0.1, 0.15) is 11.1 Å². The van der Waals surface area contributed by atoms with Gasteiger partial charge in [0.1, 0.15) is 12.4 Å². The molecule has 3 aromatic carbocycles. The molecule has 0 aliphatic heterocycles. The van der Waals surface area contributed by atoms with Gasteiger partial charge in [0.2, 0.25) is 0 Å². The maximum atomic E-state index is 11.3. The Morgan fingerprint density at radius 3 is 2.16 bits per heavy atom. The van der Waals surface area contributed by atoms with E-state index in [0.717, 1.165) is 28.0 Å². The molecule has 25 heavy (non-hydrogen) atoms. The van der Waals surface area contributed by atoms with Crippen molar-refractivity contribution in [2.75, 3.05) is 7.11 Å². The number of rotatable bonds is 6. The van der Waals surface area contributed by atoms with E-state index in [0.29, 0.717) is 6.61 Å². The van der Waals surface area contributed by atoms with Gasteiger partial charge in [-0.2, -0.15) is 0 Å². The lowest BCUT2D eigenvalue weighted by molar-refractivity contribution is -0.139.